The molecule has 0 bridgehead atoms. The van der Waals surface area contributed by atoms with Gasteiger partial charge in [-0.2, -0.15) is 0 Å². The van der Waals surface area contributed by atoms with E-state index in [-0.39, 0.29) is 16.6 Å². The second-order valence-electron chi connectivity index (χ2n) is 7.07. The molecule has 0 spiro atoms. The maximum absolute atomic E-state index is 12.6. The van der Waals surface area contributed by atoms with Crippen molar-refractivity contribution in [2.45, 2.75) is 49.7 Å². The van der Waals surface area contributed by atoms with E-state index in [1.807, 2.05) is 35.8 Å². The van der Waals surface area contributed by atoms with Crippen LogP contribution < -0.4 is 10.5 Å². The summed E-state index contributed by atoms with van der Waals surface area (Å²) in [5.41, 5.74) is 3.29. The number of para-hydroxylation sites is 1. The number of primary sulfonamides is 1. The summed E-state index contributed by atoms with van der Waals surface area (Å²) in [4.78, 5) is 17.1. The summed E-state index contributed by atoms with van der Waals surface area (Å²) in [7, 11) is -3.80. The number of nitrogens with one attached hydrogen (secondary N) is 1. The van der Waals surface area contributed by atoms with Gasteiger partial charge in [-0.05, 0) is 49.1 Å². The fraction of sp³-hybridized carbons (Fsp3) is 0.333. The van der Waals surface area contributed by atoms with Crippen LogP contribution in [0.3, 0.4) is 0 Å². The second-order valence-corrected chi connectivity index (χ2v) is 9.57. The first kappa shape index (κ1) is 22.3. The van der Waals surface area contributed by atoms with Gasteiger partial charge in [-0.3, -0.25) is 4.79 Å². The molecule has 2 aromatic carbocycles. The highest BCUT2D eigenvalue weighted by Crippen LogP contribution is 2.28. The van der Waals surface area contributed by atoms with E-state index in [1.165, 1.54) is 23.9 Å². The van der Waals surface area contributed by atoms with Gasteiger partial charge in [0.2, 0.25) is 15.9 Å². The zero-order chi connectivity index (χ0) is 21.9. The third kappa shape index (κ3) is 4.85. The number of hydrogen-bond acceptors (Lipinski definition) is 5. The Morgan fingerprint density at radius 3 is 2.63 bits per heavy atom. The Hall–Kier alpha value is -2.36. The summed E-state index contributed by atoms with van der Waals surface area (Å²) in [6.07, 6.45) is 0.989. The van der Waals surface area contributed by atoms with Gasteiger partial charge in [0.05, 0.1) is 21.7 Å². The van der Waals surface area contributed by atoms with Crippen molar-refractivity contribution in [1.29, 1.82) is 0 Å². The number of fused-ring (bicyclic) bond motifs is 1. The molecule has 30 heavy (non-hydrogen) atoms. The molecular weight excluding hydrogens is 420 g/mol. The monoisotopic (exact) mass is 446 g/mol. The number of imidazole rings is 1. The fourth-order valence-corrected chi connectivity index (χ4v) is 4.67. The van der Waals surface area contributed by atoms with Crippen LogP contribution in [0.4, 0.5) is 5.69 Å². The third-order valence-corrected chi connectivity index (χ3v) is 6.93. The largest absolute Gasteiger partial charge is 0.325 e. The number of nitrogens with two attached hydrogens (primary N) is 1. The topological polar surface area (TPSA) is 107 Å². The lowest BCUT2D eigenvalue weighted by molar-refractivity contribution is -0.113. The van der Waals surface area contributed by atoms with Gasteiger partial charge in [0, 0.05) is 12.2 Å². The van der Waals surface area contributed by atoms with Gasteiger partial charge in [-0.1, -0.05) is 43.8 Å². The summed E-state index contributed by atoms with van der Waals surface area (Å²) in [5, 5.41) is 8.88. The zero-order valence-corrected chi connectivity index (χ0v) is 18.9. The molecule has 1 aromatic heterocycles. The molecule has 0 saturated carbocycles. The number of hydrogen-bond donors (Lipinski definition) is 2. The van der Waals surface area contributed by atoms with Crippen molar-refractivity contribution in [3.63, 3.8) is 0 Å². The van der Waals surface area contributed by atoms with Crippen LogP contribution in [0.25, 0.3) is 11.0 Å². The maximum atomic E-state index is 12.6. The lowest BCUT2D eigenvalue weighted by Crippen LogP contribution is -2.16. The summed E-state index contributed by atoms with van der Waals surface area (Å²) in [6.45, 7) is 6.88. The number of carbonyl (C=O) groups excluding carboxylic acids is 1. The third-order valence-electron chi connectivity index (χ3n) is 5.04. The molecule has 1 amide bonds. The number of anilines is 1. The number of carbonyl (C=O) groups is 1. The molecule has 1 heterocycles. The van der Waals surface area contributed by atoms with E-state index in [4.69, 9.17) is 5.14 Å². The maximum Gasteiger partial charge on any atom is 0.238 e. The number of rotatable bonds is 8. The summed E-state index contributed by atoms with van der Waals surface area (Å²) in [5.74, 6) is 0.433. The standard InChI is InChI=1S/C21H26N4O3S2/c1-4-14(3)16-8-6-7-9-17(16)23-20(26)13-29-21-24-18-12-15(30(22,27)28)10-11-19(18)25(21)5-2/h6-12,14H,4-5,13H2,1-3H3,(H,23,26)(H2,22,27,28)/t14-/m1/s1. The average molecular weight is 447 g/mol. The van der Waals surface area contributed by atoms with Crippen LogP contribution in [0.1, 0.15) is 38.7 Å². The molecule has 0 unspecified atom stereocenters. The molecule has 0 aliphatic heterocycles. The number of amides is 1. The highest BCUT2D eigenvalue weighted by molar-refractivity contribution is 7.99. The van der Waals surface area contributed by atoms with Crippen molar-refractivity contribution in [3.05, 3.63) is 48.0 Å². The summed E-state index contributed by atoms with van der Waals surface area (Å²) < 4.78 is 25.2. The quantitative estimate of drug-likeness (QED) is 0.510. The Morgan fingerprint density at radius 2 is 1.97 bits per heavy atom. The van der Waals surface area contributed by atoms with Gasteiger partial charge < -0.3 is 9.88 Å². The van der Waals surface area contributed by atoms with Gasteiger partial charge in [0.1, 0.15) is 0 Å². The highest BCUT2D eigenvalue weighted by atomic mass is 32.2. The number of nitrogens with zero attached hydrogens (tertiary/aromatic N) is 2. The van der Waals surface area contributed by atoms with Crippen LogP contribution in [-0.4, -0.2) is 29.6 Å². The van der Waals surface area contributed by atoms with Crippen LogP contribution in [0.5, 0.6) is 0 Å². The van der Waals surface area contributed by atoms with Gasteiger partial charge in [0.25, 0.3) is 0 Å². The molecule has 1 atom stereocenters. The minimum absolute atomic E-state index is 0.0201. The van der Waals surface area contributed by atoms with Crippen LogP contribution >= 0.6 is 11.8 Å². The molecule has 3 aromatic rings. The van der Waals surface area contributed by atoms with E-state index >= 15 is 0 Å². The van der Waals surface area contributed by atoms with E-state index < -0.39 is 10.0 Å². The minimum atomic E-state index is -3.80. The van der Waals surface area contributed by atoms with E-state index in [0.717, 1.165) is 23.2 Å². The molecule has 7 nitrogen and oxygen atoms in total. The molecule has 0 aliphatic carbocycles. The Bertz CT molecular complexity index is 1170. The van der Waals surface area contributed by atoms with Gasteiger partial charge in [-0.25, -0.2) is 18.5 Å². The minimum Gasteiger partial charge on any atom is -0.325 e. The first-order valence-electron chi connectivity index (χ1n) is 9.79. The Balaban J connectivity index is 1.78. The van der Waals surface area contributed by atoms with Crippen LogP contribution in [0, 0.1) is 0 Å². The number of sulfonamides is 1. The van der Waals surface area contributed by atoms with Crippen LogP contribution in [0.2, 0.25) is 0 Å². The summed E-state index contributed by atoms with van der Waals surface area (Å²) >= 11 is 1.32. The molecular formula is C21H26N4O3S2. The molecule has 0 aliphatic rings. The first-order valence-corrected chi connectivity index (χ1v) is 12.3. The Kier molecular flexibility index (Phi) is 6.84. The lowest BCUT2D eigenvalue weighted by atomic mass is 9.97. The van der Waals surface area contributed by atoms with Gasteiger partial charge in [-0.15, -0.1) is 0 Å². The van der Waals surface area contributed by atoms with Crippen molar-refractivity contribution in [2.24, 2.45) is 5.14 Å². The van der Waals surface area contributed by atoms with E-state index in [2.05, 4.69) is 24.1 Å². The zero-order valence-electron chi connectivity index (χ0n) is 17.3. The van der Waals surface area contributed by atoms with Crippen molar-refractivity contribution >= 4 is 44.4 Å². The smallest absolute Gasteiger partial charge is 0.238 e. The van der Waals surface area contributed by atoms with E-state index in [9.17, 15) is 13.2 Å². The fourth-order valence-electron chi connectivity index (χ4n) is 3.26. The normalized spacial score (nSPS) is 12.8. The van der Waals surface area contributed by atoms with E-state index in [1.54, 1.807) is 6.07 Å². The van der Waals surface area contributed by atoms with Crippen molar-refractivity contribution < 1.29 is 13.2 Å². The SMILES string of the molecule is CC[C@@H](C)c1ccccc1NC(=O)CSc1nc2cc(S(N)(=O)=O)ccc2n1CC. The molecule has 9 heteroatoms. The highest BCUT2D eigenvalue weighted by Gasteiger charge is 2.16. The Labute approximate surface area is 181 Å². The number of aromatic nitrogens is 2. The second kappa shape index (κ2) is 9.20. The van der Waals surface area contributed by atoms with Crippen molar-refractivity contribution in [2.75, 3.05) is 11.1 Å². The molecule has 3 N–H and O–H groups in total. The molecule has 3 rings (SSSR count). The van der Waals surface area contributed by atoms with E-state index in [0.29, 0.717) is 23.1 Å². The molecule has 0 saturated heterocycles. The van der Waals surface area contributed by atoms with Gasteiger partial charge >= 0.3 is 0 Å². The summed E-state index contributed by atoms with van der Waals surface area (Å²) in [6, 6.07) is 12.5. The first-order chi connectivity index (χ1) is 14.2. The molecule has 0 fully saturated rings. The number of thioether (sulfide) groups is 1. The lowest BCUT2D eigenvalue weighted by Gasteiger charge is -2.15. The predicted molar refractivity (Wildman–Crippen MR) is 121 cm³/mol. The molecule has 160 valence electrons. The van der Waals surface area contributed by atoms with Crippen LogP contribution in [0.15, 0.2) is 52.5 Å². The number of benzene rings is 2. The predicted octanol–water partition coefficient (Wildman–Crippen LogP) is 3.95. The van der Waals surface area contributed by atoms with Crippen molar-refractivity contribution in [1.82, 2.24) is 9.55 Å². The van der Waals surface area contributed by atoms with Crippen molar-refractivity contribution in [3.8, 4) is 0 Å². The van der Waals surface area contributed by atoms with Crippen LogP contribution in [-0.2, 0) is 21.4 Å². The molecule has 0 radical (unpaired) electrons. The number of aryl methyl sites for hydroxylation is 1. The van der Waals surface area contributed by atoms with Gasteiger partial charge in [0.15, 0.2) is 5.16 Å². The average Bonchev–Trinajstić information content (AvgIpc) is 3.08. The Morgan fingerprint density at radius 1 is 1.23 bits per heavy atom.